The second kappa shape index (κ2) is 11.6. The number of benzene rings is 2. The van der Waals surface area contributed by atoms with E-state index < -0.39 is 65.4 Å². The fourth-order valence-electron chi connectivity index (χ4n) is 6.43. The van der Waals surface area contributed by atoms with E-state index in [0.717, 1.165) is 12.8 Å². The highest BCUT2D eigenvalue weighted by atomic mass is 16.7. The van der Waals surface area contributed by atoms with Crippen molar-refractivity contribution >= 4 is 11.6 Å². The van der Waals surface area contributed by atoms with Crippen molar-refractivity contribution in [2.24, 2.45) is 5.73 Å². The summed E-state index contributed by atoms with van der Waals surface area (Å²) in [6.45, 7) is 6.21. The Labute approximate surface area is 244 Å². The minimum Gasteiger partial charge on any atom is -0.507 e. The third kappa shape index (κ3) is 4.97. The van der Waals surface area contributed by atoms with Crippen LogP contribution in [0.15, 0.2) is 18.2 Å². The van der Waals surface area contributed by atoms with E-state index in [0.29, 0.717) is 6.54 Å². The van der Waals surface area contributed by atoms with Gasteiger partial charge in [0, 0.05) is 48.0 Å². The minimum absolute atomic E-state index is 0.00456. The number of ether oxygens (including phenoxy) is 3. The van der Waals surface area contributed by atoms with Gasteiger partial charge in [-0.15, -0.1) is 0 Å². The summed E-state index contributed by atoms with van der Waals surface area (Å²) in [5.41, 5.74) is 4.27. The van der Waals surface area contributed by atoms with Crippen LogP contribution in [0, 0.1) is 0 Å². The SMILES string of the molecule is CCCCNC(C)C1(O)Cc2c(O)c3c(c(O)c2C(OC2CC(N)C(O)C(C)O2)C1)C(=O)c1c(OC)cccc1C3=O. The molecule has 2 aromatic carbocycles. The highest BCUT2D eigenvalue weighted by molar-refractivity contribution is 6.31. The number of carbonyl (C=O) groups excluding carboxylic acids is 2. The first-order valence-corrected chi connectivity index (χ1v) is 14.5. The Morgan fingerprint density at radius 2 is 1.88 bits per heavy atom. The Hall–Kier alpha value is -3.06. The molecule has 7 unspecified atom stereocenters. The highest BCUT2D eigenvalue weighted by Crippen LogP contribution is 2.53. The van der Waals surface area contributed by atoms with Crippen LogP contribution < -0.4 is 15.8 Å². The van der Waals surface area contributed by atoms with Crippen molar-refractivity contribution < 1.29 is 44.2 Å². The topological polar surface area (TPSA) is 181 Å². The highest BCUT2D eigenvalue weighted by Gasteiger charge is 2.49. The predicted molar refractivity (Wildman–Crippen MR) is 152 cm³/mol. The summed E-state index contributed by atoms with van der Waals surface area (Å²) in [6, 6.07) is 3.49. The lowest BCUT2D eigenvalue weighted by molar-refractivity contribution is -0.248. The van der Waals surface area contributed by atoms with E-state index >= 15 is 0 Å². The maximum absolute atomic E-state index is 13.8. The van der Waals surface area contributed by atoms with Crippen LogP contribution in [0.25, 0.3) is 0 Å². The van der Waals surface area contributed by atoms with Gasteiger partial charge in [-0.2, -0.15) is 0 Å². The molecule has 11 heteroatoms. The summed E-state index contributed by atoms with van der Waals surface area (Å²) >= 11 is 0. The molecule has 0 amide bonds. The average molecular weight is 585 g/mol. The number of aromatic hydroxyl groups is 2. The summed E-state index contributed by atoms with van der Waals surface area (Å²) in [6.07, 6.45) is -1.62. The van der Waals surface area contributed by atoms with Crippen molar-refractivity contribution in [3.8, 4) is 17.2 Å². The lowest BCUT2D eigenvalue weighted by Crippen LogP contribution is -2.55. The third-order valence-electron chi connectivity index (χ3n) is 8.96. The first-order chi connectivity index (χ1) is 19.9. The fourth-order valence-corrected chi connectivity index (χ4v) is 6.43. The molecule has 2 aliphatic carbocycles. The van der Waals surface area contributed by atoms with Gasteiger partial charge in [-0.25, -0.2) is 0 Å². The summed E-state index contributed by atoms with van der Waals surface area (Å²) in [5, 5.41) is 48.9. The van der Waals surface area contributed by atoms with Gasteiger partial charge in [-0.3, -0.25) is 9.59 Å². The van der Waals surface area contributed by atoms with Gasteiger partial charge >= 0.3 is 0 Å². The Bertz CT molecular complexity index is 1380. The number of hydrogen-bond acceptors (Lipinski definition) is 11. The normalized spacial score (nSPS) is 29.5. The molecule has 0 aromatic heterocycles. The monoisotopic (exact) mass is 584 g/mol. The van der Waals surface area contributed by atoms with Crippen molar-refractivity contribution in [3.63, 3.8) is 0 Å². The Morgan fingerprint density at radius 3 is 2.55 bits per heavy atom. The van der Waals surface area contributed by atoms with Crippen LogP contribution in [0.4, 0.5) is 0 Å². The first-order valence-electron chi connectivity index (χ1n) is 14.5. The van der Waals surface area contributed by atoms with Crippen molar-refractivity contribution in [3.05, 3.63) is 51.6 Å². The zero-order chi connectivity index (χ0) is 30.5. The Morgan fingerprint density at radius 1 is 1.17 bits per heavy atom. The molecule has 0 spiro atoms. The largest absolute Gasteiger partial charge is 0.507 e. The molecule has 0 radical (unpaired) electrons. The van der Waals surface area contributed by atoms with Gasteiger partial charge in [0.1, 0.15) is 17.2 Å². The average Bonchev–Trinajstić information content (AvgIpc) is 2.95. The van der Waals surface area contributed by atoms with Crippen molar-refractivity contribution in [1.82, 2.24) is 5.32 Å². The lowest BCUT2D eigenvalue weighted by atomic mass is 9.71. The number of carbonyl (C=O) groups is 2. The summed E-state index contributed by atoms with van der Waals surface area (Å²) in [5.74, 6) is -2.13. The molecule has 228 valence electrons. The molecule has 5 rings (SSSR count). The number of methoxy groups -OCH3 is 1. The number of phenolic OH excluding ortho intramolecular Hbond substituents is 2. The van der Waals surface area contributed by atoms with E-state index in [1.54, 1.807) is 19.1 Å². The van der Waals surface area contributed by atoms with Gasteiger partial charge in [-0.1, -0.05) is 25.5 Å². The number of aliphatic hydroxyl groups is 2. The zero-order valence-corrected chi connectivity index (χ0v) is 24.3. The molecule has 3 aliphatic rings. The third-order valence-corrected chi connectivity index (χ3v) is 8.96. The van der Waals surface area contributed by atoms with Crippen molar-refractivity contribution in [2.75, 3.05) is 13.7 Å². The second-order valence-corrected chi connectivity index (χ2v) is 11.7. The molecule has 1 fully saturated rings. The molecular weight excluding hydrogens is 544 g/mol. The molecule has 7 atom stereocenters. The van der Waals surface area contributed by atoms with E-state index in [4.69, 9.17) is 19.9 Å². The molecule has 7 N–H and O–H groups in total. The number of fused-ring (bicyclic) bond motifs is 3. The summed E-state index contributed by atoms with van der Waals surface area (Å²) in [7, 11) is 1.38. The molecule has 1 saturated heterocycles. The molecule has 42 heavy (non-hydrogen) atoms. The molecule has 0 saturated carbocycles. The number of aliphatic hydroxyl groups excluding tert-OH is 1. The van der Waals surface area contributed by atoms with Crippen molar-refractivity contribution in [2.45, 2.75) is 95.2 Å². The number of ketones is 2. The smallest absolute Gasteiger partial charge is 0.202 e. The van der Waals surface area contributed by atoms with Crippen LogP contribution in [-0.2, 0) is 15.9 Å². The van der Waals surface area contributed by atoms with Crippen molar-refractivity contribution in [1.29, 1.82) is 0 Å². The number of nitrogens with two attached hydrogens (primary N) is 1. The van der Waals surface area contributed by atoms with E-state index in [9.17, 15) is 30.0 Å². The fraction of sp³-hybridized carbons (Fsp3) is 0.548. The maximum atomic E-state index is 13.8. The molecule has 0 bridgehead atoms. The minimum atomic E-state index is -1.46. The van der Waals surface area contributed by atoms with Crippen LogP contribution in [0.2, 0.25) is 0 Å². The number of phenols is 2. The number of nitrogens with one attached hydrogen (secondary N) is 1. The summed E-state index contributed by atoms with van der Waals surface area (Å²) < 4.78 is 17.5. The predicted octanol–water partition coefficient (Wildman–Crippen LogP) is 2.22. The van der Waals surface area contributed by atoms with Crippen LogP contribution in [0.1, 0.15) is 95.5 Å². The first kappa shape index (κ1) is 30.4. The lowest BCUT2D eigenvalue weighted by Gasteiger charge is -2.45. The van der Waals surface area contributed by atoms with E-state index in [2.05, 4.69) is 12.2 Å². The van der Waals surface area contributed by atoms with E-state index in [1.165, 1.54) is 13.2 Å². The van der Waals surface area contributed by atoms with E-state index in [-0.39, 0.29) is 58.4 Å². The van der Waals surface area contributed by atoms with Gasteiger partial charge in [0.25, 0.3) is 0 Å². The molecule has 1 heterocycles. The number of rotatable bonds is 8. The van der Waals surface area contributed by atoms with Crippen LogP contribution in [0.5, 0.6) is 17.2 Å². The molecule has 11 nitrogen and oxygen atoms in total. The van der Waals surface area contributed by atoms with Gasteiger partial charge in [-0.05, 0) is 32.9 Å². The molecule has 2 aromatic rings. The van der Waals surface area contributed by atoms with Crippen LogP contribution in [0.3, 0.4) is 0 Å². The van der Waals surface area contributed by atoms with Gasteiger partial charge in [0.2, 0.25) is 5.78 Å². The second-order valence-electron chi connectivity index (χ2n) is 11.7. The summed E-state index contributed by atoms with van der Waals surface area (Å²) in [4.78, 5) is 27.5. The van der Waals surface area contributed by atoms with E-state index in [1.807, 2.05) is 6.92 Å². The van der Waals surface area contributed by atoms with Gasteiger partial charge in [0.05, 0.1) is 47.7 Å². The van der Waals surface area contributed by atoms with Crippen LogP contribution in [-0.4, -0.2) is 81.8 Å². The zero-order valence-electron chi connectivity index (χ0n) is 24.3. The Kier molecular flexibility index (Phi) is 8.36. The molecule has 1 aliphatic heterocycles. The maximum Gasteiger partial charge on any atom is 0.202 e. The van der Waals surface area contributed by atoms with Crippen LogP contribution >= 0.6 is 0 Å². The Balaban J connectivity index is 1.64. The molecular formula is C31H40N2O9. The number of hydrogen-bond donors (Lipinski definition) is 6. The van der Waals surface area contributed by atoms with Gasteiger partial charge < -0.3 is 45.7 Å². The van der Waals surface area contributed by atoms with Gasteiger partial charge in [0.15, 0.2) is 12.1 Å². The number of unbranched alkanes of at least 4 members (excludes halogenated alkanes) is 1. The quantitative estimate of drug-likeness (QED) is 0.169. The standard InChI is InChI=1S/C31H40N2O9/c1-5-6-10-33-15(3)31(39)12-17-23(20(13-31)42-21-11-18(32)26(34)14(2)41-21)30(38)25-24(28(17)36)27(35)16-8-7-9-19(40-4)22(16)29(25)37/h7-9,14-15,18,20-21,26,33-34,36,38-39H,5-6,10-13,32H2,1-4H3.